The van der Waals surface area contributed by atoms with Gasteiger partial charge in [0, 0.05) is 49.0 Å². The van der Waals surface area contributed by atoms with Crippen LogP contribution in [0.4, 0.5) is 0 Å². The summed E-state index contributed by atoms with van der Waals surface area (Å²) in [5.41, 5.74) is 23.8. The van der Waals surface area contributed by atoms with Gasteiger partial charge in [0.1, 0.15) is 33.5 Å². The van der Waals surface area contributed by atoms with Gasteiger partial charge in [-0.3, -0.25) is 0 Å². The first kappa shape index (κ1) is 62.0. The first-order valence-electron chi connectivity index (χ1n) is 37.0. The summed E-state index contributed by atoms with van der Waals surface area (Å²) in [7, 11) is 0. The van der Waals surface area contributed by atoms with Crippen molar-refractivity contribution in [1.82, 2.24) is 0 Å². The lowest BCUT2D eigenvalue weighted by atomic mass is 9.83. The van der Waals surface area contributed by atoms with Crippen LogP contribution in [0.25, 0.3) is 219 Å². The third kappa shape index (κ3) is 10.3. The van der Waals surface area contributed by atoms with Gasteiger partial charge in [0.05, 0.1) is 0 Å². The molecule has 3 heteroatoms. The highest BCUT2D eigenvalue weighted by molar-refractivity contribution is 6.24. The third-order valence-electron chi connectivity index (χ3n) is 22.4. The molecule has 22 aromatic rings. The second-order valence-corrected chi connectivity index (χ2v) is 29.7. The Morgan fingerprint density at radius 1 is 0.178 bits per heavy atom. The third-order valence-corrected chi connectivity index (χ3v) is 22.4. The molecule has 0 atom stereocenters. The lowest BCUT2D eigenvalue weighted by molar-refractivity contribution is 0.590. The van der Waals surface area contributed by atoms with E-state index in [1.54, 1.807) is 0 Å². The molecule has 3 aromatic heterocycles. The maximum atomic E-state index is 6.41. The van der Waals surface area contributed by atoms with Gasteiger partial charge in [-0.2, -0.15) is 0 Å². The van der Waals surface area contributed by atoms with Crippen LogP contribution in [-0.2, 0) is 5.41 Å². The van der Waals surface area contributed by atoms with Crippen molar-refractivity contribution in [3.8, 4) is 77.9 Å². The van der Waals surface area contributed by atoms with E-state index in [1.807, 2.05) is 36.4 Å². The average Bonchev–Trinajstić information content (AvgIpc) is 1.44. The van der Waals surface area contributed by atoms with Crippen LogP contribution in [0.5, 0.6) is 0 Å². The highest BCUT2D eigenvalue weighted by Gasteiger charge is 2.23. The minimum atomic E-state index is 0.115. The number of fused-ring (bicyclic) bond motifs is 16. The maximum absolute atomic E-state index is 6.41. The summed E-state index contributed by atoms with van der Waals surface area (Å²) in [6, 6.07) is 130. The summed E-state index contributed by atoms with van der Waals surface area (Å²) in [6.45, 7) is 6.81. The van der Waals surface area contributed by atoms with Crippen molar-refractivity contribution in [3.05, 3.63) is 363 Å². The number of furan rings is 3. The Morgan fingerprint density at radius 3 is 0.664 bits per heavy atom. The van der Waals surface area contributed by atoms with Gasteiger partial charge in [-0.1, -0.05) is 324 Å². The molecule has 0 radical (unpaired) electrons. The second-order valence-electron chi connectivity index (χ2n) is 29.7. The molecule has 0 amide bonds. The lowest BCUT2D eigenvalue weighted by Gasteiger charge is -2.21. The van der Waals surface area contributed by atoms with Gasteiger partial charge in [-0.05, 0) is 202 Å². The zero-order valence-electron chi connectivity index (χ0n) is 59.3. The van der Waals surface area contributed by atoms with Crippen LogP contribution in [0.2, 0.25) is 0 Å². The van der Waals surface area contributed by atoms with Crippen LogP contribution >= 0.6 is 0 Å². The molecule has 107 heavy (non-hydrogen) atoms. The number of benzene rings is 19. The molecule has 19 aromatic carbocycles. The van der Waals surface area contributed by atoms with Crippen molar-refractivity contribution in [1.29, 1.82) is 0 Å². The van der Waals surface area contributed by atoms with Crippen LogP contribution in [0.3, 0.4) is 0 Å². The summed E-state index contributed by atoms with van der Waals surface area (Å²) in [5.74, 6) is 0. The van der Waals surface area contributed by atoms with E-state index in [9.17, 15) is 0 Å². The fourth-order valence-electron chi connectivity index (χ4n) is 17.3. The minimum absolute atomic E-state index is 0.115. The van der Waals surface area contributed by atoms with Gasteiger partial charge in [-0.25, -0.2) is 0 Å². The smallest absolute Gasteiger partial charge is 0.143 e. The number of para-hydroxylation sites is 6. The Hall–Kier alpha value is -13.6. The Kier molecular flexibility index (Phi) is 14.2. The number of rotatable bonds is 7. The molecule has 0 fully saturated rings. The molecule has 0 N–H and O–H groups in total. The molecule has 0 saturated carbocycles. The molecule has 0 aliphatic heterocycles. The van der Waals surface area contributed by atoms with Crippen molar-refractivity contribution in [2.24, 2.45) is 0 Å². The van der Waals surface area contributed by atoms with E-state index in [-0.39, 0.29) is 5.41 Å². The van der Waals surface area contributed by atoms with Gasteiger partial charge in [0.15, 0.2) is 0 Å². The molecule has 502 valence electrons. The number of hydrogen-bond donors (Lipinski definition) is 0. The Balaban J connectivity index is 0.000000141. The van der Waals surface area contributed by atoms with Crippen LogP contribution in [0, 0.1) is 0 Å². The van der Waals surface area contributed by atoms with Gasteiger partial charge < -0.3 is 13.3 Å². The Morgan fingerprint density at radius 2 is 0.393 bits per heavy atom. The van der Waals surface area contributed by atoms with Crippen molar-refractivity contribution in [3.63, 3.8) is 0 Å². The van der Waals surface area contributed by atoms with E-state index in [2.05, 4.69) is 342 Å². The Labute approximate surface area is 618 Å². The standard InChI is InChI=1S/C58H34O2.C46H34O/c1-2-14-48-47(13-1)55(41-29-25-35-31-39(27-23-37(35)33-41)43-17-9-19-51-45-11-5-7-21-53(45)59-57(43)51)49-15-3-4-16-50(49)56(48)42-30-26-36-32-40(28-24-38(36)34-42)44-18-10-20-52-46-12-6-8-22-54(46)60-58(44)52;1-46(2,3)34-25-23-29(24-26-34)43-37-12-4-6-14-39(37)44(40-15-7-5-13-38(40)43)33-22-20-30-27-32(21-19-31(30)28-33)35-16-10-17-41-36-11-8-9-18-42(36)47-45(35)41/h1-34H;4-28H,1-3H3. The van der Waals surface area contributed by atoms with Gasteiger partial charge >= 0.3 is 0 Å². The fourth-order valence-corrected chi connectivity index (χ4v) is 17.3. The quantitative estimate of drug-likeness (QED) is 0.149. The van der Waals surface area contributed by atoms with E-state index in [0.29, 0.717) is 0 Å². The first-order chi connectivity index (χ1) is 52.7. The van der Waals surface area contributed by atoms with Crippen molar-refractivity contribution in [2.45, 2.75) is 26.2 Å². The highest BCUT2D eigenvalue weighted by Crippen LogP contribution is 2.49. The molecular weight excluding hydrogens is 1300 g/mol. The van der Waals surface area contributed by atoms with Crippen molar-refractivity contribution >= 4 is 141 Å². The second kappa shape index (κ2) is 24.5. The molecule has 0 bridgehead atoms. The maximum Gasteiger partial charge on any atom is 0.143 e. The minimum Gasteiger partial charge on any atom is -0.455 e. The normalized spacial score (nSPS) is 12.1. The van der Waals surface area contributed by atoms with Crippen molar-refractivity contribution < 1.29 is 13.3 Å². The molecular formula is C104H68O3. The predicted molar refractivity (Wildman–Crippen MR) is 454 cm³/mol. The summed E-state index contributed by atoms with van der Waals surface area (Å²) >= 11 is 0. The van der Waals surface area contributed by atoms with Crippen LogP contribution < -0.4 is 0 Å². The van der Waals surface area contributed by atoms with Crippen molar-refractivity contribution in [2.75, 3.05) is 0 Å². The topological polar surface area (TPSA) is 39.4 Å². The van der Waals surface area contributed by atoms with E-state index < -0.39 is 0 Å². The molecule has 0 aliphatic rings. The summed E-state index contributed by atoms with van der Waals surface area (Å²) < 4.78 is 19.2. The largest absolute Gasteiger partial charge is 0.455 e. The van der Waals surface area contributed by atoms with Crippen LogP contribution in [0.15, 0.2) is 371 Å². The van der Waals surface area contributed by atoms with E-state index in [0.717, 1.165) is 99.2 Å². The summed E-state index contributed by atoms with van der Waals surface area (Å²) in [4.78, 5) is 0. The van der Waals surface area contributed by atoms with E-state index >= 15 is 0 Å². The Bertz CT molecular complexity index is 7050. The fraction of sp³-hybridized carbons (Fsp3) is 0.0385. The predicted octanol–water partition coefficient (Wildman–Crippen LogP) is 30.1. The van der Waals surface area contributed by atoms with E-state index in [1.165, 1.54) is 125 Å². The number of hydrogen-bond acceptors (Lipinski definition) is 3. The summed E-state index contributed by atoms with van der Waals surface area (Å²) in [6.07, 6.45) is 0. The highest BCUT2D eigenvalue weighted by atomic mass is 16.3. The van der Waals surface area contributed by atoms with Gasteiger partial charge in [0.25, 0.3) is 0 Å². The summed E-state index contributed by atoms with van der Waals surface area (Å²) in [5, 5.41) is 24.2. The molecule has 22 rings (SSSR count). The van der Waals surface area contributed by atoms with Gasteiger partial charge in [0.2, 0.25) is 0 Å². The van der Waals surface area contributed by atoms with Gasteiger partial charge in [-0.15, -0.1) is 0 Å². The lowest BCUT2D eigenvalue weighted by Crippen LogP contribution is -2.10. The average molecular weight is 1370 g/mol. The van der Waals surface area contributed by atoms with Crippen LogP contribution in [0.1, 0.15) is 26.3 Å². The molecule has 0 unspecified atom stereocenters. The molecule has 0 saturated heterocycles. The van der Waals surface area contributed by atoms with E-state index in [4.69, 9.17) is 13.3 Å². The monoisotopic (exact) mass is 1360 g/mol. The SMILES string of the molecule is CC(C)(C)c1ccc(-c2c3ccccc3c(-c3ccc4cc(-c5cccc6c5oc5ccccc56)ccc4c3)c3ccccc23)cc1.c1ccc2c(c1)oc1c(-c3ccc4cc(-c5c6ccccc6c(-c6ccc7cc(-c8cccc9c8oc8ccccc89)ccc7c6)c6ccccc56)ccc4c3)cccc12. The molecule has 3 heterocycles. The first-order valence-corrected chi connectivity index (χ1v) is 37.0. The molecule has 0 aliphatic carbocycles. The van der Waals surface area contributed by atoms with Crippen LogP contribution in [-0.4, -0.2) is 0 Å². The zero-order chi connectivity index (χ0) is 71.0. The zero-order valence-corrected chi connectivity index (χ0v) is 59.3. The molecule has 3 nitrogen and oxygen atoms in total. The molecule has 0 spiro atoms.